The van der Waals surface area contributed by atoms with E-state index in [2.05, 4.69) is 0 Å². The molecule has 9 nitrogen and oxygen atoms in total. The van der Waals surface area contributed by atoms with Gasteiger partial charge in [-0.25, -0.2) is 0 Å². The summed E-state index contributed by atoms with van der Waals surface area (Å²) in [5, 5.41) is 28.0. The van der Waals surface area contributed by atoms with Gasteiger partial charge in [0.2, 0.25) is 0 Å². The van der Waals surface area contributed by atoms with Crippen LogP contribution in [0.4, 0.5) is 0 Å². The number of hydrogen-bond donors (Lipinski definition) is 3. The molecule has 1 fully saturated rings. The number of hydrogen-bond acceptors (Lipinski definition) is 6. The van der Waals surface area contributed by atoms with E-state index >= 15 is 0 Å². The van der Waals surface area contributed by atoms with Gasteiger partial charge in [-0.05, 0) is 19.3 Å². The average Bonchev–Trinajstić information content (AvgIpc) is 2.62. The summed E-state index contributed by atoms with van der Waals surface area (Å²) in [7, 11) is 0. The summed E-state index contributed by atoms with van der Waals surface area (Å²) >= 11 is 0. The number of rotatable bonds is 9. The minimum absolute atomic E-state index is 0. The number of nitrogens with zero attached hydrogens (tertiary/aromatic N) is 3. The normalized spacial score (nSPS) is 25.2. The minimum Gasteiger partial charge on any atom is -0.480 e. The van der Waals surface area contributed by atoms with Crippen molar-refractivity contribution in [2.24, 2.45) is 0 Å². The molecular weight excluding hydrogens is 409 g/mol. The standard InChI is InChI=1S/C18H33N3O6.Mn/c1-4-13-7-20(11-17(24)25)15(6-3)9-21(12-18(26)27)14(5-2)8-19(13)10-16(22)23;/h13-15H,4-12H2,1-3H3,(H,22,23)(H,24,25)(H,26,27);/q;+3/t13-,14-,15-;/m0./s1. The summed E-state index contributed by atoms with van der Waals surface area (Å²) in [5.74, 6) is -2.82. The molecule has 1 saturated heterocycles. The number of carboxylic acids is 3. The van der Waals surface area contributed by atoms with E-state index in [1.165, 1.54) is 0 Å². The predicted molar refractivity (Wildman–Crippen MR) is 99.9 cm³/mol. The number of carboxylic acid groups (broad SMARTS) is 3. The third kappa shape index (κ3) is 8.44. The maximum atomic E-state index is 11.4. The van der Waals surface area contributed by atoms with Gasteiger partial charge < -0.3 is 15.3 Å². The second-order valence-electron chi connectivity index (χ2n) is 7.16. The van der Waals surface area contributed by atoms with E-state index in [1.807, 2.05) is 35.5 Å². The molecule has 160 valence electrons. The van der Waals surface area contributed by atoms with E-state index < -0.39 is 17.9 Å². The summed E-state index contributed by atoms with van der Waals surface area (Å²) in [6.07, 6.45) is 2.07. The van der Waals surface area contributed by atoms with Gasteiger partial charge in [0.25, 0.3) is 0 Å². The molecule has 28 heavy (non-hydrogen) atoms. The van der Waals surface area contributed by atoms with Gasteiger partial charge >= 0.3 is 35.0 Å². The van der Waals surface area contributed by atoms with Crippen molar-refractivity contribution in [1.29, 1.82) is 0 Å². The Hall–Kier alpha value is -1.19. The quantitative estimate of drug-likeness (QED) is 0.438. The molecule has 0 unspecified atom stereocenters. The van der Waals surface area contributed by atoms with Crippen molar-refractivity contribution in [2.45, 2.75) is 58.2 Å². The first kappa shape index (κ1) is 26.8. The Kier molecular flexibility index (Phi) is 12.6. The molecule has 1 rings (SSSR count). The van der Waals surface area contributed by atoms with Crippen molar-refractivity contribution >= 4 is 17.9 Å². The summed E-state index contributed by atoms with van der Waals surface area (Å²) in [4.78, 5) is 39.7. The molecule has 1 aliphatic rings. The van der Waals surface area contributed by atoms with E-state index in [0.717, 1.165) is 0 Å². The summed E-state index contributed by atoms with van der Waals surface area (Å²) < 4.78 is 0. The summed E-state index contributed by atoms with van der Waals surface area (Å²) in [5.41, 5.74) is 0. The van der Waals surface area contributed by atoms with E-state index in [4.69, 9.17) is 0 Å². The number of carbonyl (C=O) groups is 3. The average molecular weight is 442 g/mol. The predicted octanol–water partition coefficient (Wildman–Crippen LogP) is 0.493. The monoisotopic (exact) mass is 442 g/mol. The van der Waals surface area contributed by atoms with Gasteiger partial charge in [0, 0.05) is 37.8 Å². The van der Waals surface area contributed by atoms with E-state index in [1.54, 1.807) is 0 Å². The van der Waals surface area contributed by atoms with Crippen LogP contribution in [-0.2, 0) is 31.5 Å². The second kappa shape index (κ2) is 13.1. The van der Waals surface area contributed by atoms with Gasteiger partial charge in [-0.15, -0.1) is 0 Å². The fraction of sp³-hybridized carbons (Fsp3) is 0.833. The van der Waals surface area contributed by atoms with Crippen molar-refractivity contribution in [3.05, 3.63) is 0 Å². The molecule has 0 aromatic heterocycles. The fourth-order valence-corrected chi connectivity index (χ4v) is 3.87. The molecule has 0 aromatic carbocycles. The van der Waals surface area contributed by atoms with Crippen molar-refractivity contribution in [3.8, 4) is 0 Å². The van der Waals surface area contributed by atoms with Crippen LogP contribution in [0.2, 0.25) is 0 Å². The maximum absolute atomic E-state index is 11.4. The molecule has 10 heteroatoms. The molecule has 1 aliphatic heterocycles. The minimum atomic E-state index is -0.941. The summed E-state index contributed by atoms with van der Waals surface area (Å²) in [6.45, 7) is 6.81. The van der Waals surface area contributed by atoms with Gasteiger partial charge in [0.05, 0.1) is 19.6 Å². The molecule has 0 amide bonds. The molecule has 3 N–H and O–H groups in total. The largest absolute Gasteiger partial charge is 3.00 e. The zero-order valence-corrected chi connectivity index (χ0v) is 18.1. The Balaban J connectivity index is 0.00000729. The molecular formula is C18H33MnN3O6+3. The van der Waals surface area contributed by atoms with E-state index in [9.17, 15) is 29.7 Å². The van der Waals surface area contributed by atoms with E-state index in [-0.39, 0.29) is 54.8 Å². The molecule has 0 saturated carbocycles. The van der Waals surface area contributed by atoms with Gasteiger partial charge in [-0.2, -0.15) is 0 Å². The topological polar surface area (TPSA) is 122 Å². The van der Waals surface area contributed by atoms with Crippen molar-refractivity contribution in [1.82, 2.24) is 14.7 Å². The summed E-state index contributed by atoms with van der Waals surface area (Å²) in [6, 6.07) is -0.310. The molecule has 0 spiro atoms. The van der Waals surface area contributed by atoms with Crippen LogP contribution in [0.5, 0.6) is 0 Å². The van der Waals surface area contributed by atoms with E-state index in [0.29, 0.717) is 38.9 Å². The van der Waals surface area contributed by atoms with Gasteiger partial charge in [-0.1, -0.05) is 20.8 Å². The third-order valence-corrected chi connectivity index (χ3v) is 5.31. The molecule has 1 heterocycles. The van der Waals surface area contributed by atoms with Crippen molar-refractivity contribution < 1.29 is 46.8 Å². The first-order valence-corrected chi connectivity index (χ1v) is 9.59. The van der Waals surface area contributed by atoms with Gasteiger partial charge in [0.15, 0.2) is 0 Å². The maximum Gasteiger partial charge on any atom is 3.00 e. The van der Waals surface area contributed by atoms with Crippen LogP contribution in [-0.4, -0.2) is 105 Å². The number of aliphatic carboxylic acids is 3. The zero-order valence-electron chi connectivity index (χ0n) is 16.9. The van der Waals surface area contributed by atoms with Crippen LogP contribution >= 0.6 is 0 Å². The van der Waals surface area contributed by atoms with Gasteiger partial charge in [0.1, 0.15) is 0 Å². The SMILES string of the molecule is CC[C@H]1CN(CC(=O)O)[C@@H](CC)CN(CC(=O)O)[C@@H](CC)CN1CC(=O)O.[Mn+3]. The molecule has 0 bridgehead atoms. The van der Waals surface area contributed by atoms with Crippen LogP contribution < -0.4 is 0 Å². The van der Waals surface area contributed by atoms with Crippen LogP contribution in [0.15, 0.2) is 0 Å². The Morgan fingerprint density at radius 3 is 1.00 bits per heavy atom. The van der Waals surface area contributed by atoms with Crippen molar-refractivity contribution in [2.75, 3.05) is 39.3 Å². The van der Waals surface area contributed by atoms with Crippen LogP contribution in [0.25, 0.3) is 0 Å². The van der Waals surface area contributed by atoms with Crippen LogP contribution in [0.3, 0.4) is 0 Å². The third-order valence-electron chi connectivity index (χ3n) is 5.31. The Bertz CT molecular complexity index is 450. The second-order valence-corrected chi connectivity index (χ2v) is 7.16. The van der Waals surface area contributed by atoms with Gasteiger partial charge in [-0.3, -0.25) is 29.1 Å². The smallest absolute Gasteiger partial charge is 0.480 e. The van der Waals surface area contributed by atoms with Crippen LogP contribution in [0, 0.1) is 0 Å². The fourth-order valence-electron chi connectivity index (χ4n) is 3.87. The Labute approximate surface area is 177 Å². The molecule has 0 aliphatic carbocycles. The molecule has 3 atom stereocenters. The van der Waals surface area contributed by atoms with Crippen molar-refractivity contribution in [3.63, 3.8) is 0 Å². The molecule has 0 aromatic rings. The van der Waals surface area contributed by atoms with Crippen LogP contribution in [0.1, 0.15) is 40.0 Å². The first-order chi connectivity index (χ1) is 12.7. The Morgan fingerprint density at radius 1 is 0.643 bits per heavy atom. The molecule has 0 radical (unpaired) electrons. The first-order valence-electron chi connectivity index (χ1n) is 9.59. The Morgan fingerprint density at radius 2 is 0.857 bits per heavy atom. The zero-order chi connectivity index (χ0) is 20.6.